The minimum atomic E-state index is -0.438. The summed E-state index contributed by atoms with van der Waals surface area (Å²) < 4.78 is 21.2. The number of aromatic amines is 1. The summed E-state index contributed by atoms with van der Waals surface area (Å²) in [5.41, 5.74) is 4.74. The van der Waals surface area contributed by atoms with E-state index >= 15 is 0 Å². The zero-order valence-electron chi connectivity index (χ0n) is 17.1. The minimum Gasteiger partial charge on any atom is -0.496 e. The maximum Gasteiger partial charge on any atom is 0.289 e. The number of methoxy groups -OCH3 is 4. The molecule has 0 aliphatic rings. The first-order valence-corrected chi connectivity index (χ1v) is 8.93. The maximum atomic E-state index is 12.4. The third-order valence-electron chi connectivity index (χ3n) is 4.27. The van der Waals surface area contributed by atoms with Gasteiger partial charge in [-0.2, -0.15) is 10.2 Å². The molecule has 1 amide bonds. The molecule has 30 heavy (non-hydrogen) atoms. The van der Waals surface area contributed by atoms with Crippen molar-refractivity contribution in [2.24, 2.45) is 5.10 Å². The van der Waals surface area contributed by atoms with E-state index in [1.807, 2.05) is 24.3 Å². The van der Waals surface area contributed by atoms with Gasteiger partial charge in [0, 0.05) is 11.1 Å². The van der Waals surface area contributed by atoms with Crippen molar-refractivity contribution in [3.8, 4) is 34.3 Å². The predicted molar refractivity (Wildman–Crippen MR) is 112 cm³/mol. The molecular formula is C21H22N4O5. The highest BCUT2D eigenvalue weighted by molar-refractivity contribution is 5.94. The number of nitrogens with one attached hydrogen (secondary N) is 2. The van der Waals surface area contributed by atoms with Gasteiger partial charge in [-0.25, -0.2) is 5.43 Å². The SMILES string of the molecule is COc1ccccc1-c1cc(C(=O)NN=Cc2cc(OC)c(OC)c(OC)c2)[nH]n1. The third kappa shape index (κ3) is 4.35. The molecule has 0 atom stereocenters. The van der Waals surface area contributed by atoms with E-state index in [1.165, 1.54) is 27.5 Å². The summed E-state index contributed by atoms with van der Waals surface area (Å²) in [5, 5.41) is 10.9. The first-order valence-electron chi connectivity index (χ1n) is 8.93. The predicted octanol–water partition coefficient (Wildman–Crippen LogP) is 2.88. The molecular weight excluding hydrogens is 388 g/mol. The number of hydrazone groups is 1. The van der Waals surface area contributed by atoms with E-state index in [2.05, 4.69) is 20.7 Å². The fourth-order valence-corrected chi connectivity index (χ4v) is 2.83. The average Bonchev–Trinajstić information content (AvgIpc) is 3.28. The molecule has 1 aromatic heterocycles. The number of para-hydroxylation sites is 1. The molecule has 9 nitrogen and oxygen atoms in total. The van der Waals surface area contributed by atoms with Crippen LogP contribution in [0.5, 0.6) is 23.0 Å². The van der Waals surface area contributed by atoms with Crippen molar-refractivity contribution >= 4 is 12.1 Å². The average molecular weight is 410 g/mol. The van der Waals surface area contributed by atoms with Gasteiger partial charge in [-0.3, -0.25) is 9.89 Å². The van der Waals surface area contributed by atoms with E-state index in [9.17, 15) is 4.79 Å². The van der Waals surface area contributed by atoms with Crippen LogP contribution in [-0.2, 0) is 0 Å². The molecule has 0 aliphatic heterocycles. The molecule has 3 rings (SSSR count). The lowest BCUT2D eigenvalue weighted by Gasteiger charge is -2.12. The second-order valence-corrected chi connectivity index (χ2v) is 6.02. The van der Waals surface area contributed by atoms with E-state index in [-0.39, 0.29) is 5.69 Å². The van der Waals surface area contributed by atoms with Crippen LogP contribution in [0.1, 0.15) is 16.1 Å². The molecule has 1 heterocycles. The molecule has 0 bridgehead atoms. The molecule has 0 unspecified atom stereocenters. The number of carbonyl (C=O) groups excluding carboxylic acids is 1. The highest BCUT2D eigenvalue weighted by Gasteiger charge is 2.14. The maximum absolute atomic E-state index is 12.4. The number of hydrogen-bond acceptors (Lipinski definition) is 7. The standard InChI is InChI=1S/C21H22N4O5/c1-27-17-8-6-5-7-14(17)15-11-16(24-23-15)21(26)25-22-12-13-9-18(28-2)20(30-4)19(10-13)29-3/h5-12H,1-4H3,(H,23,24)(H,25,26). The fraction of sp³-hybridized carbons (Fsp3) is 0.190. The Kier molecular flexibility index (Phi) is 6.53. The van der Waals surface area contributed by atoms with Gasteiger partial charge in [0.25, 0.3) is 5.91 Å². The van der Waals surface area contributed by atoms with Gasteiger partial charge < -0.3 is 18.9 Å². The van der Waals surface area contributed by atoms with Crippen LogP contribution in [0.3, 0.4) is 0 Å². The number of carbonyl (C=O) groups is 1. The Morgan fingerprint density at radius 3 is 2.27 bits per heavy atom. The molecule has 0 saturated carbocycles. The van der Waals surface area contributed by atoms with Gasteiger partial charge in [0.05, 0.1) is 40.3 Å². The number of amides is 1. The summed E-state index contributed by atoms with van der Waals surface area (Å²) in [6, 6.07) is 12.5. The van der Waals surface area contributed by atoms with Gasteiger partial charge in [0.15, 0.2) is 11.5 Å². The van der Waals surface area contributed by atoms with Gasteiger partial charge in [-0.05, 0) is 30.3 Å². The Labute approximate surface area is 173 Å². The smallest absolute Gasteiger partial charge is 0.289 e. The summed E-state index contributed by atoms with van der Waals surface area (Å²) in [5.74, 6) is 1.67. The van der Waals surface area contributed by atoms with E-state index in [0.717, 1.165) is 5.56 Å². The summed E-state index contributed by atoms with van der Waals surface area (Å²) in [6.45, 7) is 0. The Balaban J connectivity index is 1.73. The second-order valence-electron chi connectivity index (χ2n) is 6.02. The molecule has 3 aromatic rings. The largest absolute Gasteiger partial charge is 0.496 e. The van der Waals surface area contributed by atoms with Crippen LogP contribution < -0.4 is 24.4 Å². The molecule has 0 fully saturated rings. The van der Waals surface area contributed by atoms with Gasteiger partial charge in [-0.15, -0.1) is 0 Å². The topological polar surface area (TPSA) is 107 Å². The second kappa shape index (κ2) is 9.46. The number of aromatic nitrogens is 2. The van der Waals surface area contributed by atoms with Crippen molar-refractivity contribution < 1.29 is 23.7 Å². The highest BCUT2D eigenvalue weighted by Crippen LogP contribution is 2.37. The molecule has 2 N–H and O–H groups in total. The van der Waals surface area contributed by atoms with Crippen molar-refractivity contribution in [3.63, 3.8) is 0 Å². The normalized spacial score (nSPS) is 10.7. The van der Waals surface area contributed by atoms with Gasteiger partial charge in [-0.1, -0.05) is 12.1 Å². The van der Waals surface area contributed by atoms with Crippen LogP contribution >= 0.6 is 0 Å². The van der Waals surface area contributed by atoms with E-state index in [0.29, 0.717) is 34.3 Å². The van der Waals surface area contributed by atoms with Crippen LogP contribution in [-0.4, -0.2) is 50.8 Å². The van der Waals surface area contributed by atoms with Crippen LogP contribution in [0.25, 0.3) is 11.3 Å². The van der Waals surface area contributed by atoms with Crippen LogP contribution in [0, 0.1) is 0 Å². The lowest BCUT2D eigenvalue weighted by Crippen LogP contribution is -2.18. The lowest BCUT2D eigenvalue weighted by molar-refractivity contribution is 0.0950. The number of nitrogens with zero attached hydrogens (tertiary/aromatic N) is 2. The first kappa shape index (κ1) is 20.7. The van der Waals surface area contributed by atoms with Crippen molar-refractivity contribution in [2.75, 3.05) is 28.4 Å². The molecule has 0 spiro atoms. The zero-order chi connectivity index (χ0) is 21.5. The van der Waals surface area contributed by atoms with Crippen LogP contribution in [0.2, 0.25) is 0 Å². The number of H-pyrrole nitrogens is 1. The molecule has 156 valence electrons. The fourth-order valence-electron chi connectivity index (χ4n) is 2.83. The van der Waals surface area contributed by atoms with Crippen LogP contribution in [0.15, 0.2) is 47.6 Å². The van der Waals surface area contributed by atoms with Gasteiger partial charge in [0.1, 0.15) is 11.4 Å². The number of hydrogen-bond donors (Lipinski definition) is 2. The third-order valence-corrected chi connectivity index (χ3v) is 4.27. The Bertz CT molecular complexity index is 1040. The van der Waals surface area contributed by atoms with Gasteiger partial charge >= 0.3 is 0 Å². The molecule has 0 saturated heterocycles. The van der Waals surface area contributed by atoms with Crippen LogP contribution in [0.4, 0.5) is 0 Å². The van der Waals surface area contributed by atoms with E-state index in [4.69, 9.17) is 18.9 Å². The Morgan fingerprint density at radius 2 is 1.63 bits per heavy atom. The highest BCUT2D eigenvalue weighted by atomic mass is 16.5. The van der Waals surface area contributed by atoms with E-state index in [1.54, 1.807) is 25.3 Å². The van der Waals surface area contributed by atoms with Crippen molar-refractivity contribution in [2.45, 2.75) is 0 Å². The zero-order valence-corrected chi connectivity index (χ0v) is 17.1. The molecule has 0 radical (unpaired) electrons. The molecule has 0 aliphatic carbocycles. The minimum absolute atomic E-state index is 0.262. The van der Waals surface area contributed by atoms with Crippen molar-refractivity contribution in [3.05, 3.63) is 53.7 Å². The van der Waals surface area contributed by atoms with Crippen molar-refractivity contribution in [1.29, 1.82) is 0 Å². The quantitative estimate of drug-likeness (QED) is 0.437. The Morgan fingerprint density at radius 1 is 0.967 bits per heavy atom. The number of ether oxygens (including phenoxy) is 4. The summed E-state index contributed by atoms with van der Waals surface area (Å²) >= 11 is 0. The molecule has 2 aromatic carbocycles. The summed E-state index contributed by atoms with van der Waals surface area (Å²) in [6.07, 6.45) is 1.47. The summed E-state index contributed by atoms with van der Waals surface area (Å²) in [4.78, 5) is 12.4. The Hall–Kier alpha value is -4.01. The number of benzene rings is 2. The monoisotopic (exact) mass is 410 g/mol. The van der Waals surface area contributed by atoms with Gasteiger partial charge in [0.2, 0.25) is 5.75 Å². The molecule has 9 heteroatoms. The lowest BCUT2D eigenvalue weighted by atomic mass is 10.1. The van der Waals surface area contributed by atoms with Crippen molar-refractivity contribution in [1.82, 2.24) is 15.6 Å². The first-order chi connectivity index (χ1) is 14.6. The van der Waals surface area contributed by atoms with E-state index < -0.39 is 5.91 Å². The number of rotatable bonds is 8. The summed E-state index contributed by atoms with van der Waals surface area (Å²) in [7, 11) is 6.16.